The van der Waals surface area contributed by atoms with E-state index < -0.39 is 0 Å². The Morgan fingerprint density at radius 2 is 2.38 bits per heavy atom. The van der Waals surface area contributed by atoms with Crippen LogP contribution in [0.2, 0.25) is 0 Å². The molecule has 0 aromatic carbocycles. The standard InChI is InChI=1S/C9H16N2S2/c1-3-5-12-7-8-6-11-9(13-8)10-4-2/h6H,3-5,7H2,1-2H3,(H,10,11). The number of nitrogens with one attached hydrogen (secondary N) is 1. The number of anilines is 1. The highest BCUT2D eigenvalue weighted by molar-refractivity contribution is 7.98. The van der Waals surface area contributed by atoms with E-state index >= 15 is 0 Å². The normalized spacial score (nSPS) is 10.3. The van der Waals surface area contributed by atoms with E-state index in [1.165, 1.54) is 17.1 Å². The molecular formula is C9H16N2S2. The summed E-state index contributed by atoms with van der Waals surface area (Å²) >= 11 is 3.75. The molecular weight excluding hydrogens is 200 g/mol. The molecule has 0 aliphatic carbocycles. The monoisotopic (exact) mass is 216 g/mol. The van der Waals surface area contributed by atoms with Gasteiger partial charge >= 0.3 is 0 Å². The topological polar surface area (TPSA) is 24.9 Å². The van der Waals surface area contributed by atoms with Gasteiger partial charge in [0.05, 0.1) is 0 Å². The Labute approximate surface area is 88.2 Å². The molecule has 1 aromatic rings. The zero-order chi connectivity index (χ0) is 9.52. The van der Waals surface area contributed by atoms with Gasteiger partial charge < -0.3 is 5.32 Å². The minimum Gasteiger partial charge on any atom is -0.362 e. The van der Waals surface area contributed by atoms with Crippen LogP contribution in [0.25, 0.3) is 0 Å². The molecule has 1 rings (SSSR count). The van der Waals surface area contributed by atoms with Gasteiger partial charge in [-0.2, -0.15) is 11.8 Å². The first-order valence-electron chi connectivity index (χ1n) is 4.63. The molecule has 0 atom stereocenters. The number of thioether (sulfide) groups is 1. The Morgan fingerprint density at radius 1 is 1.54 bits per heavy atom. The van der Waals surface area contributed by atoms with E-state index in [0.29, 0.717) is 0 Å². The largest absolute Gasteiger partial charge is 0.362 e. The summed E-state index contributed by atoms with van der Waals surface area (Å²) in [4.78, 5) is 5.65. The fourth-order valence-corrected chi connectivity index (χ4v) is 2.79. The minimum atomic E-state index is 0.953. The van der Waals surface area contributed by atoms with Crippen molar-refractivity contribution >= 4 is 28.2 Å². The lowest BCUT2D eigenvalue weighted by Gasteiger charge is -1.95. The molecule has 0 bridgehead atoms. The summed E-state index contributed by atoms with van der Waals surface area (Å²) in [6, 6.07) is 0. The summed E-state index contributed by atoms with van der Waals surface area (Å²) in [5.41, 5.74) is 0. The maximum absolute atomic E-state index is 4.28. The average molecular weight is 216 g/mol. The molecule has 13 heavy (non-hydrogen) atoms. The number of rotatable bonds is 6. The Bertz CT molecular complexity index is 235. The predicted molar refractivity (Wildman–Crippen MR) is 62.7 cm³/mol. The van der Waals surface area contributed by atoms with Gasteiger partial charge in [0, 0.05) is 23.4 Å². The van der Waals surface area contributed by atoms with E-state index in [2.05, 4.69) is 24.1 Å². The molecule has 0 fully saturated rings. The molecule has 0 saturated heterocycles. The Hall–Kier alpha value is -0.220. The van der Waals surface area contributed by atoms with Crippen molar-refractivity contribution < 1.29 is 0 Å². The fourth-order valence-electron chi connectivity index (χ4n) is 0.924. The van der Waals surface area contributed by atoms with Gasteiger partial charge in [0.15, 0.2) is 5.13 Å². The smallest absolute Gasteiger partial charge is 0.182 e. The molecule has 4 heteroatoms. The Balaban J connectivity index is 2.31. The highest BCUT2D eigenvalue weighted by Crippen LogP contribution is 2.22. The van der Waals surface area contributed by atoms with E-state index in [4.69, 9.17) is 0 Å². The first kappa shape index (κ1) is 10.9. The Morgan fingerprint density at radius 3 is 3.08 bits per heavy atom. The molecule has 1 heterocycles. The van der Waals surface area contributed by atoms with Gasteiger partial charge in [0.2, 0.25) is 0 Å². The second-order valence-corrected chi connectivity index (χ2v) is 4.94. The van der Waals surface area contributed by atoms with Crippen LogP contribution in [0, 0.1) is 0 Å². The molecule has 0 aliphatic heterocycles. The number of thiazole rings is 1. The molecule has 0 amide bonds. The average Bonchev–Trinajstić information content (AvgIpc) is 2.54. The maximum Gasteiger partial charge on any atom is 0.182 e. The van der Waals surface area contributed by atoms with Crippen molar-refractivity contribution in [2.45, 2.75) is 26.0 Å². The van der Waals surface area contributed by atoms with E-state index in [-0.39, 0.29) is 0 Å². The summed E-state index contributed by atoms with van der Waals surface area (Å²) in [6.45, 7) is 5.26. The minimum absolute atomic E-state index is 0.953. The van der Waals surface area contributed by atoms with Crippen LogP contribution >= 0.6 is 23.1 Å². The van der Waals surface area contributed by atoms with Gasteiger partial charge in [-0.05, 0) is 19.1 Å². The van der Waals surface area contributed by atoms with Crippen molar-refractivity contribution in [2.75, 3.05) is 17.6 Å². The van der Waals surface area contributed by atoms with Crippen molar-refractivity contribution in [3.63, 3.8) is 0 Å². The van der Waals surface area contributed by atoms with Gasteiger partial charge in [0.25, 0.3) is 0 Å². The van der Waals surface area contributed by atoms with Crippen LogP contribution in [0.5, 0.6) is 0 Å². The second kappa shape index (κ2) is 6.27. The number of hydrogen-bond donors (Lipinski definition) is 1. The fraction of sp³-hybridized carbons (Fsp3) is 0.667. The SMILES string of the molecule is CCCSCc1cnc(NCC)s1. The molecule has 0 saturated carbocycles. The zero-order valence-corrected chi connectivity index (χ0v) is 9.80. The molecule has 0 spiro atoms. The molecule has 74 valence electrons. The third kappa shape index (κ3) is 4.00. The molecule has 0 unspecified atom stereocenters. The summed E-state index contributed by atoms with van der Waals surface area (Å²) in [7, 11) is 0. The van der Waals surface area contributed by atoms with Crippen LogP contribution < -0.4 is 5.32 Å². The van der Waals surface area contributed by atoms with E-state index in [1.807, 2.05) is 18.0 Å². The lowest BCUT2D eigenvalue weighted by molar-refractivity contribution is 1.10. The van der Waals surface area contributed by atoms with Crippen molar-refractivity contribution in [3.05, 3.63) is 11.1 Å². The summed E-state index contributed by atoms with van der Waals surface area (Å²) in [6.07, 6.45) is 3.23. The first-order valence-corrected chi connectivity index (χ1v) is 6.60. The van der Waals surface area contributed by atoms with Crippen LogP contribution in [-0.2, 0) is 5.75 Å². The van der Waals surface area contributed by atoms with Crippen LogP contribution in [0.4, 0.5) is 5.13 Å². The molecule has 2 nitrogen and oxygen atoms in total. The third-order valence-corrected chi connectivity index (χ3v) is 3.82. The number of hydrogen-bond acceptors (Lipinski definition) is 4. The van der Waals surface area contributed by atoms with E-state index in [0.717, 1.165) is 17.4 Å². The third-order valence-electron chi connectivity index (χ3n) is 1.47. The van der Waals surface area contributed by atoms with Crippen LogP contribution in [0.15, 0.2) is 6.20 Å². The van der Waals surface area contributed by atoms with Crippen molar-refractivity contribution in [3.8, 4) is 0 Å². The van der Waals surface area contributed by atoms with Gasteiger partial charge in [-0.25, -0.2) is 4.98 Å². The molecule has 0 radical (unpaired) electrons. The summed E-state index contributed by atoms with van der Waals surface area (Å²) < 4.78 is 0. The Kier molecular flexibility index (Phi) is 5.23. The van der Waals surface area contributed by atoms with Gasteiger partial charge in [-0.15, -0.1) is 11.3 Å². The number of nitrogens with zero attached hydrogens (tertiary/aromatic N) is 1. The maximum atomic E-state index is 4.28. The summed E-state index contributed by atoms with van der Waals surface area (Å²) in [5.74, 6) is 2.35. The zero-order valence-electron chi connectivity index (χ0n) is 8.17. The van der Waals surface area contributed by atoms with E-state index in [9.17, 15) is 0 Å². The van der Waals surface area contributed by atoms with Crippen LogP contribution in [0.3, 0.4) is 0 Å². The van der Waals surface area contributed by atoms with Crippen molar-refractivity contribution in [1.29, 1.82) is 0 Å². The van der Waals surface area contributed by atoms with Crippen LogP contribution in [-0.4, -0.2) is 17.3 Å². The lowest BCUT2D eigenvalue weighted by Crippen LogP contribution is -1.94. The van der Waals surface area contributed by atoms with Crippen molar-refractivity contribution in [1.82, 2.24) is 4.98 Å². The molecule has 1 N–H and O–H groups in total. The van der Waals surface area contributed by atoms with Gasteiger partial charge in [-0.3, -0.25) is 0 Å². The number of aromatic nitrogens is 1. The predicted octanol–water partition coefficient (Wildman–Crippen LogP) is 3.22. The van der Waals surface area contributed by atoms with Gasteiger partial charge in [0.1, 0.15) is 0 Å². The van der Waals surface area contributed by atoms with E-state index in [1.54, 1.807) is 11.3 Å². The summed E-state index contributed by atoms with van der Waals surface area (Å²) in [5, 5.41) is 4.27. The van der Waals surface area contributed by atoms with Gasteiger partial charge in [-0.1, -0.05) is 6.92 Å². The second-order valence-electron chi connectivity index (χ2n) is 2.71. The highest BCUT2D eigenvalue weighted by atomic mass is 32.2. The molecule has 1 aromatic heterocycles. The first-order chi connectivity index (χ1) is 6.36. The highest BCUT2D eigenvalue weighted by Gasteiger charge is 1.99. The quantitative estimate of drug-likeness (QED) is 0.739. The lowest BCUT2D eigenvalue weighted by atomic mass is 10.6. The van der Waals surface area contributed by atoms with Crippen LogP contribution in [0.1, 0.15) is 25.1 Å². The van der Waals surface area contributed by atoms with Crippen molar-refractivity contribution in [2.24, 2.45) is 0 Å². The molecule has 0 aliphatic rings.